The van der Waals surface area contributed by atoms with E-state index in [1.807, 2.05) is 24.3 Å². The first-order valence-corrected chi connectivity index (χ1v) is 6.38. The molecule has 0 fully saturated rings. The predicted octanol–water partition coefficient (Wildman–Crippen LogP) is 0.139. The van der Waals surface area contributed by atoms with Crippen LogP contribution in [0.5, 0.6) is 11.5 Å². The van der Waals surface area contributed by atoms with Crippen LogP contribution < -0.4 is 20.9 Å². The fourth-order valence-electron chi connectivity index (χ4n) is 1.62. The van der Waals surface area contributed by atoms with Gasteiger partial charge >= 0.3 is 0 Å². The van der Waals surface area contributed by atoms with Gasteiger partial charge in [-0.15, -0.1) is 5.10 Å². The summed E-state index contributed by atoms with van der Waals surface area (Å²) in [4.78, 5) is 3.88. The highest BCUT2D eigenvalue weighted by Crippen LogP contribution is 2.17. The zero-order chi connectivity index (χ0) is 15.1. The largest absolute Gasteiger partial charge is 0.497 e. The van der Waals surface area contributed by atoms with Gasteiger partial charge in [0.1, 0.15) is 23.8 Å². The van der Waals surface area contributed by atoms with Gasteiger partial charge in [0.25, 0.3) is 0 Å². The van der Waals surface area contributed by atoms with Crippen molar-refractivity contribution >= 4 is 5.96 Å². The lowest BCUT2D eigenvalue weighted by molar-refractivity contribution is 0.300. The number of guanidine groups is 1. The van der Waals surface area contributed by atoms with Crippen molar-refractivity contribution in [1.82, 2.24) is 15.0 Å². The number of nitrogens with two attached hydrogens (primary N) is 2. The molecule has 0 bridgehead atoms. The molecule has 21 heavy (non-hydrogen) atoms. The van der Waals surface area contributed by atoms with E-state index in [9.17, 15) is 0 Å². The fraction of sp³-hybridized carbons (Fsp3) is 0.308. The molecule has 2 rings (SSSR count). The van der Waals surface area contributed by atoms with E-state index >= 15 is 0 Å². The summed E-state index contributed by atoms with van der Waals surface area (Å²) in [7, 11) is 1.62. The smallest absolute Gasteiger partial charge is 0.185 e. The topological polar surface area (TPSA) is 114 Å². The quantitative estimate of drug-likeness (QED) is 0.554. The van der Waals surface area contributed by atoms with Crippen LogP contribution in [0.1, 0.15) is 5.69 Å². The van der Waals surface area contributed by atoms with Gasteiger partial charge in [0, 0.05) is 0 Å². The zero-order valence-corrected chi connectivity index (χ0v) is 11.8. The highest BCUT2D eigenvalue weighted by Gasteiger charge is 2.02. The highest BCUT2D eigenvalue weighted by atomic mass is 16.5. The van der Waals surface area contributed by atoms with E-state index in [1.165, 1.54) is 0 Å². The summed E-state index contributed by atoms with van der Waals surface area (Å²) in [5.74, 6) is 1.59. The number of hydrogen-bond acceptors (Lipinski definition) is 5. The molecule has 0 amide bonds. The third kappa shape index (κ3) is 4.68. The van der Waals surface area contributed by atoms with E-state index < -0.39 is 0 Å². The van der Waals surface area contributed by atoms with Gasteiger partial charge in [-0.05, 0) is 24.3 Å². The maximum atomic E-state index is 5.61. The molecule has 0 aliphatic carbocycles. The van der Waals surface area contributed by atoms with Crippen molar-refractivity contribution in [2.45, 2.75) is 13.2 Å². The van der Waals surface area contributed by atoms with E-state index in [0.29, 0.717) is 19.7 Å². The van der Waals surface area contributed by atoms with Crippen LogP contribution in [-0.2, 0) is 13.2 Å². The molecule has 0 aliphatic heterocycles. The summed E-state index contributed by atoms with van der Waals surface area (Å²) in [6.07, 6.45) is 1.80. The number of aliphatic imine (C=N–C) groups is 1. The van der Waals surface area contributed by atoms with Crippen molar-refractivity contribution in [1.29, 1.82) is 0 Å². The van der Waals surface area contributed by atoms with E-state index in [0.717, 1.165) is 17.2 Å². The first-order chi connectivity index (χ1) is 10.2. The van der Waals surface area contributed by atoms with E-state index in [4.69, 9.17) is 20.9 Å². The molecule has 0 radical (unpaired) electrons. The fourth-order valence-corrected chi connectivity index (χ4v) is 1.62. The molecule has 1 heterocycles. The zero-order valence-electron chi connectivity index (χ0n) is 11.8. The molecule has 112 valence electrons. The van der Waals surface area contributed by atoms with Crippen molar-refractivity contribution < 1.29 is 9.47 Å². The van der Waals surface area contributed by atoms with E-state index in [2.05, 4.69) is 15.3 Å². The maximum Gasteiger partial charge on any atom is 0.185 e. The van der Waals surface area contributed by atoms with Crippen LogP contribution >= 0.6 is 0 Å². The number of aromatic nitrogens is 3. The minimum Gasteiger partial charge on any atom is -0.497 e. The molecule has 0 unspecified atom stereocenters. The Morgan fingerprint density at radius 3 is 2.62 bits per heavy atom. The first-order valence-electron chi connectivity index (χ1n) is 6.38. The van der Waals surface area contributed by atoms with Crippen molar-refractivity contribution in [3.05, 3.63) is 36.2 Å². The molecule has 8 nitrogen and oxygen atoms in total. The van der Waals surface area contributed by atoms with Gasteiger partial charge < -0.3 is 20.9 Å². The van der Waals surface area contributed by atoms with Crippen molar-refractivity contribution in [2.24, 2.45) is 16.5 Å². The van der Waals surface area contributed by atoms with Crippen LogP contribution in [0, 0.1) is 0 Å². The number of methoxy groups -OCH3 is 1. The van der Waals surface area contributed by atoms with Crippen molar-refractivity contribution in [2.75, 3.05) is 13.7 Å². The molecule has 1 aromatic heterocycles. The Hall–Kier alpha value is -2.77. The lowest BCUT2D eigenvalue weighted by Crippen LogP contribution is -2.23. The molecule has 0 aliphatic rings. The van der Waals surface area contributed by atoms with Gasteiger partial charge in [-0.3, -0.25) is 9.67 Å². The second-order valence-electron chi connectivity index (χ2n) is 4.24. The number of hydrogen-bond donors (Lipinski definition) is 2. The van der Waals surface area contributed by atoms with Crippen molar-refractivity contribution in [3.63, 3.8) is 0 Å². The monoisotopic (exact) mass is 290 g/mol. The van der Waals surface area contributed by atoms with E-state index in [-0.39, 0.29) is 5.96 Å². The molecule has 0 saturated heterocycles. The van der Waals surface area contributed by atoms with Gasteiger partial charge in [-0.1, -0.05) is 5.21 Å². The Morgan fingerprint density at radius 1 is 1.24 bits per heavy atom. The lowest BCUT2D eigenvalue weighted by Gasteiger charge is -2.04. The second kappa shape index (κ2) is 7.13. The summed E-state index contributed by atoms with van der Waals surface area (Å²) in [6.45, 7) is 1.37. The Labute approximate surface area is 122 Å². The second-order valence-corrected chi connectivity index (χ2v) is 4.24. The van der Waals surface area contributed by atoms with Crippen LogP contribution in [0.15, 0.2) is 35.5 Å². The lowest BCUT2D eigenvalue weighted by atomic mass is 10.3. The van der Waals surface area contributed by atoms with Crippen molar-refractivity contribution in [3.8, 4) is 11.5 Å². The molecular weight excluding hydrogens is 272 g/mol. The first kappa shape index (κ1) is 14.6. The minimum absolute atomic E-state index is 0.0678. The number of benzene rings is 1. The molecule has 4 N–H and O–H groups in total. The number of nitrogens with zero attached hydrogens (tertiary/aromatic N) is 4. The molecule has 2 aromatic rings. The third-order valence-electron chi connectivity index (χ3n) is 2.66. The van der Waals surface area contributed by atoms with Gasteiger partial charge in [-0.25, -0.2) is 0 Å². The Morgan fingerprint density at radius 2 is 1.95 bits per heavy atom. The van der Waals surface area contributed by atoms with Crippen LogP contribution in [0.4, 0.5) is 0 Å². The summed E-state index contributed by atoms with van der Waals surface area (Å²) < 4.78 is 12.4. The minimum atomic E-state index is 0.0678. The van der Waals surface area contributed by atoms with Crippen LogP contribution in [-0.4, -0.2) is 34.6 Å². The van der Waals surface area contributed by atoms with Gasteiger partial charge in [0.2, 0.25) is 0 Å². The molecule has 0 atom stereocenters. The average molecular weight is 290 g/mol. The Bertz CT molecular complexity index is 589. The van der Waals surface area contributed by atoms with Crippen LogP contribution in [0.3, 0.4) is 0 Å². The van der Waals surface area contributed by atoms with E-state index in [1.54, 1.807) is 18.0 Å². The summed E-state index contributed by atoms with van der Waals surface area (Å²) in [5, 5.41) is 7.98. The summed E-state index contributed by atoms with van der Waals surface area (Å²) >= 11 is 0. The van der Waals surface area contributed by atoms with Gasteiger partial charge in [0.05, 0.1) is 26.4 Å². The predicted molar refractivity (Wildman–Crippen MR) is 78.0 cm³/mol. The van der Waals surface area contributed by atoms with Gasteiger partial charge in [-0.2, -0.15) is 0 Å². The normalized spacial score (nSPS) is 10.1. The highest BCUT2D eigenvalue weighted by molar-refractivity contribution is 5.75. The molecule has 0 spiro atoms. The molecule has 1 aromatic carbocycles. The van der Waals surface area contributed by atoms with Gasteiger partial charge in [0.15, 0.2) is 5.96 Å². The number of ether oxygens (including phenoxy) is 2. The Kier molecular flexibility index (Phi) is 4.97. The Balaban J connectivity index is 1.83. The molecule has 0 saturated carbocycles. The standard InChI is InChI=1S/C13H18N6O2/c1-20-11-2-4-12(5-3-11)21-9-10-8-19(18-17-10)7-6-16-13(14)15/h2-5,8H,6-7,9H2,1H3,(H4,14,15,16). The van der Waals surface area contributed by atoms with Crippen LogP contribution in [0.2, 0.25) is 0 Å². The summed E-state index contributed by atoms with van der Waals surface area (Å²) in [5.41, 5.74) is 11.2. The average Bonchev–Trinajstić information content (AvgIpc) is 2.93. The SMILES string of the molecule is COc1ccc(OCc2cn(CCN=C(N)N)nn2)cc1. The number of rotatable bonds is 7. The van der Waals surface area contributed by atoms with Crippen LogP contribution in [0.25, 0.3) is 0 Å². The summed E-state index contributed by atoms with van der Waals surface area (Å²) in [6, 6.07) is 7.34. The maximum absolute atomic E-state index is 5.61. The molecular formula is C13H18N6O2. The third-order valence-corrected chi connectivity index (χ3v) is 2.66. The molecule has 8 heteroatoms.